The average molecular weight is 318 g/mol. The van der Waals surface area contributed by atoms with Crippen molar-refractivity contribution in [3.8, 4) is 11.8 Å². The maximum Gasteiger partial charge on any atom is 0.256 e. The lowest BCUT2D eigenvalue weighted by molar-refractivity contribution is -0.141. The first kappa shape index (κ1) is 19.0. The van der Waals surface area contributed by atoms with Crippen molar-refractivity contribution in [2.24, 2.45) is 5.92 Å². The van der Waals surface area contributed by atoms with Crippen LogP contribution >= 0.6 is 0 Å². The number of hydrogen-bond donors (Lipinski definition) is 1. The van der Waals surface area contributed by atoms with E-state index in [0.717, 1.165) is 6.42 Å². The molecule has 0 spiro atoms. The number of carbonyl (C=O) groups excluding carboxylic acids is 1. The number of benzene rings is 1. The molecule has 0 radical (unpaired) electrons. The second kappa shape index (κ2) is 8.54. The highest BCUT2D eigenvalue weighted by atomic mass is 16.5. The van der Waals surface area contributed by atoms with E-state index in [1.165, 1.54) is 7.11 Å². The molecular weight excluding hydrogens is 292 g/mol. The van der Waals surface area contributed by atoms with E-state index in [9.17, 15) is 10.1 Å². The van der Waals surface area contributed by atoms with Crippen molar-refractivity contribution < 1.29 is 14.3 Å². The second-order valence-electron chi connectivity index (χ2n) is 6.15. The molecule has 0 aliphatic rings. The molecule has 0 aliphatic heterocycles. The van der Waals surface area contributed by atoms with E-state index in [1.54, 1.807) is 25.1 Å². The number of nitriles is 1. The Balaban J connectivity index is 3.00. The van der Waals surface area contributed by atoms with Gasteiger partial charge in [-0.15, -0.1) is 0 Å². The monoisotopic (exact) mass is 318 g/mol. The highest BCUT2D eigenvalue weighted by Crippen LogP contribution is 2.26. The summed E-state index contributed by atoms with van der Waals surface area (Å²) < 4.78 is 10.9. The second-order valence-corrected chi connectivity index (χ2v) is 6.15. The number of amides is 1. The topological polar surface area (TPSA) is 71.3 Å². The number of rotatable bonds is 8. The number of carbonyl (C=O) groups is 1. The zero-order valence-electron chi connectivity index (χ0n) is 14.6. The number of nitrogens with zero attached hydrogens (tertiary/aromatic N) is 1. The van der Waals surface area contributed by atoms with E-state index in [0.29, 0.717) is 35.9 Å². The Kier molecular flexibility index (Phi) is 7.05. The maximum atomic E-state index is 12.7. The van der Waals surface area contributed by atoms with Crippen molar-refractivity contribution in [2.45, 2.75) is 46.1 Å². The Morgan fingerprint density at radius 2 is 2.13 bits per heavy atom. The lowest BCUT2D eigenvalue weighted by Gasteiger charge is -2.30. The minimum atomic E-state index is -0.920. The maximum absolute atomic E-state index is 12.7. The van der Waals surface area contributed by atoms with E-state index < -0.39 is 5.60 Å². The van der Waals surface area contributed by atoms with Crippen LogP contribution in [0, 0.1) is 17.2 Å². The third kappa shape index (κ3) is 5.26. The highest BCUT2D eigenvalue weighted by Gasteiger charge is 2.35. The van der Waals surface area contributed by atoms with Crippen LogP contribution in [0.2, 0.25) is 0 Å². The molecular formula is C18H26N2O3. The lowest BCUT2D eigenvalue weighted by atomic mass is 9.92. The van der Waals surface area contributed by atoms with Crippen LogP contribution in [0.15, 0.2) is 18.2 Å². The van der Waals surface area contributed by atoms with E-state index in [-0.39, 0.29) is 5.91 Å². The Bertz CT molecular complexity index is 578. The van der Waals surface area contributed by atoms with Gasteiger partial charge in [-0.05, 0) is 43.9 Å². The first-order valence-corrected chi connectivity index (χ1v) is 7.89. The van der Waals surface area contributed by atoms with Gasteiger partial charge < -0.3 is 14.8 Å². The molecule has 0 aromatic heterocycles. The van der Waals surface area contributed by atoms with Gasteiger partial charge >= 0.3 is 0 Å². The van der Waals surface area contributed by atoms with Gasteiger partial charge in [0.2, 0.25) is 0 Å². The number of anilines is 1. The molecule has 1 aromatic rings. The first-order valence-electron chi connectivity index (χ1n) is 7.89. The summed E-state index contributed by atoms with van der Waals surface area (Å²) in [6.07, 6.45) is 1.45. The van der Waals surface area contributed by atoms with Gasteiger partial charge in [-0.1, -0.05) is 20.8 Å². The molecule has 1 amide bonds. The predicted octanol–water partition coefficient (Wildman–Crippen LogP) is 3.74. The van der Waals surface area contributed by atoms with Crippen molar-refractivity contribution in [2.75, 3.05) is 19.0 Å². The zero-order chi connectivity index (χ0) is 17.5. The summed E-state index contributed by atoms with van der Waals surface area (Å²) in [6.45, 7) is 8.42. The molecule has 23 heavy (non-hydrogen) atoms. The SMILES string of the molecule is CCCO[C@](C)(CC(C)C)C(=O)Nc1ccc(OC)cc1C#N. The molecule has 5 heteroatoms. The summed E-state index contributed by atoms with van der Waals surface area (Å²) in [6, 6.07) is 7.06. The fourth-order valence-corrected chi connectivity index (χ4v) is 2.43. The molecule has 1 aromatic carbocycles. The van der Waals surface area contributed by atoms with Gasteiger partial charge in [0.25, 0.3) is 5.91 Å². The largest absolute Gasteiger partial charge is 0.497 e. The van der Waals surface area contributed by atoms with Crippen molar-refractivity contribution in [3.05, 3.63) is 23.8 Å². The van der Waals surface area contributed by atoms with E-state index in [1.807, 2.05) is 6.92 Å². The Labute approximate surface area is 138 Å². The zero-order valence-corrected chi connectivity index (χ0v) is 14.6. The number of ether oxygens (including phenoxy) is 2. The van der Waals surface area contributed by atoms with Crippen LogP contribution in [0.5, 0.6) is 5.75 Å². The minimum absolute atomic E-state index is 0.235. The number of nitrogens with one attached hydrogen (secondary N) is 1. The van der Waals surface area contributed by atoms with Crippen molar-refractivity contribution >= 4 is 11.6 Å². The molecule has 126 valence electrons. The molecule has 0 aliphatic carbocycles. The summed E-state index contributed by atoms with van der Waals surface area (Å²) in [5.41, 5.74) is -0.0925. The van der Waals surface area contributed by atoms with Crippen LogP contribution in [-0.2, 0) is 9.53 Å². The smallest absolute Gasteiger partial charge is 0.256 e. The van der Waals surface area contributed by atoms with E-state index >= 15 is 0 Å². The van der Waals surface area contributed by atoms with Gasteiger partial charge in [0, 0.05) is 6.61 Å². The number of methoxy groups -OCH3 is 1. The van der Waals surface area contributed by atoms with Crippen molar-refractivity contribution in [1.29, 1.82) is 5.26 Å². The Morgan fingerprint density at radius 3 is 2.65 bits per heavy atom. The Morgan fingerprint density at radius 1 is 1.43 bits per heavy atom. The normalized spacial score (nSPS) is 13.3. The van der Waals surface area contributed by atoms with Gasteiger partial charge in [0.15, 0.2) is 0 Å². The first-order chi connectivity index (χ1) is 10.9. The molecule has 0 bridgehead atoms. The fraction of sp³-hybridized carbons (Fsp3) is 0.556. The third-order valence-electron chi connectivity index (χ3n) is 3.50. The van der Waals surface area contributed by atoms with Crippen molar-refractivity contribution in [3.63, 3.8) is 0 Å². The van der Waals surface area contributed by atoms with Gasteiger partial charge in [0.05, 0.1) is 18.4 Å². The predicted molar refractivity (Wildman–Crippen MR) is 90.4 cm³/mol. The molecule has 1 N–H and O–H groups in total. The summed E-state index contributed by atoms with van der Waals surface area (Å²) in [4.78, 5) is 12.7. The molecule has 1 atom stereocenters. The van der Waals surface area contributed by atoms with Crippen molar-refractivity contribution in [1.82, 2.24) is 0 Å². The standard InChI is InChI=1S/C18H26N2O3/c1-6-9-23-18(4,11-13(2)3)17(21)20-16-8-7-15(22-5)10-14(16)12-19/h7-8,10,13H,6,9,11H2,1-5H3,(H,20,21)/t18-/m1/s1. The summed E-state index contributed by atoms with van der Waals surface area (Å²) in [5, 5.41) is 12.1. The Hall–Kier alpha value is -2.06. The van der Waals surface area contributed by atoms with Crippen LogP contribution in [0.4, 0.5) is 5.69 Å². The molecule has 0 saturated heterocycles. The summed E-state index contributed by atoms with van der Waals surface area (Å²) in [5.74, 6) is 0.655. The quantitative estimate of drug-likeness (QED) is 0.792. The van der Waals surface area contributed by atoms with Gasteiger partial charge in [-0.25, -0.2) is 0 Å². The number of hydrogen-bond acceptors (Lipinski definition) is 4. The third-order valence-corrected chi connectivity index (χ3v) is 3.50. The van der Waals surface area contributed by atoms with Crippen LogP contribution < -0.4 is 10.1 Å². The minimum Gasteiger partial charge on any atom is -0.497 e. The summed E-state index contributed by atoms with van der Waals surface area (Å²) in [7, 11) is 1.53. The van der Waals surface area contributed by atoms with Gasteiger partial charge in [-0.2, -0.15) is 5.26 Å². The molecule has 0 unspecified atom stereocenters. The molecule has 0 heterocycles. The fourth-order valence-electron chi connectivity index (χ4n) is 2.43. The summed E-state index contributed by atoms with van der Waals surface area (Å²) >= 11 is 0. The molecule has 1 rings (SSSR count). The van der Waals surface area contributed by atoms with Crippen LogP contribution in [0.1, 0.15) is 46.1 Å². The van der Waals surface area contributed by atoms with Gasteiger partial charge in [-0.3, -0.25) is 4.79 Å². The molecule has 5 nitrogen and oxygen atoms in total. The molecule has 0 saturated carbocycles. The molecule has 0 fully saturated rings. The van der Waals surface area contributed by atoms with E-state index in [2.05, 4.69) is 25.2 Å². The van der Waals surface area contributed by atoms with Crippen LogP contribution in [-0.4, -0.2) is 25.2 Å². The average Bonchev–Trinajstić information content (AvgIpc) is 2.52. The van der Waals surface area contributed by atoms with Crippen LogP contribution in [0.25, 0.3) is 0 Å². The highest BCUT2D eigenvalue weighted by molar-refractivity contribution is 5.98. The van der Waals surface area contributed by atoms with Crippen LogP contribution in [0.3, 0.4) is 0 Å². The lowest BCUT2D eigenvalue weighted by Crippen LogP contribution is -2.44. The van der Waals surface area contributed by atoms with E-state index in [4.69, 9.17) is 9.47 Å². The van der Waals surface area contributed by atoms with Gasteiger partial charge in [0.1, 0.15) is 17.4 Å².